The summed E-state index contributed by atoms with van der Waals surface area (Å²) in [6.07, 6.45) is 0. The van der Waals surface area contributed by atoms with Gasteiger partial charge in [-0.2, -0.15) is 0 Å². The molecule has 1 rings (SSSR count). The molecule has 84 valence electrons. The van der Waals surface area contributed by atoms with Crippen LogP contribution in [0.2, 0.25) is 5.02 Å². The molecule has 0 saturated heterocycles. The van der Waals surface area contributed by atoms with Gasteiger partial charge in [0.15, 0.2) is 0 Å². The molecule has 0 saturated carbocycles. The van der Waals surface area contributed by atoms with Gasteiger partial charge in [0.25, 0.3) is 0 Å². The predicted molar refractivity (Wildman–Crippen MR) is 54.5 cm³/mol. The van der Waals surface area contributed by atoms with Crippen LogP contribution in [0.3, 0.4) is 0 Å². The molecule has 2 N–H and O–H groups in total. The van der Waals surface area contributed by atoms with E-state index in [1.165, 1.54) is 0 Å². The fourth-order valence-corrected chi connectivity index (χ4v) is 1.84. The van der Waals surface area contributed by atoms with Crippen molar-refractivity contribution in [3.05, 3.63) is 34.4 Å². The second-order valence-corrected chi connectivity index (χ2v) is 4.29. The highest BCUT2D eigenvalue weighted by atomic mass is 35.5. The lowest BCUT2D eigenvalue weighted by Gasteiger charge is -2.25. The summed E-state index contributed by atoms with van der Waals surface area (Å²) in [7, 11) is 0. The lowest BCUT2D eigenvalue weighted by molar-refractivity contribution is 0.0950. The highest BCUT2D eigenvalue weighted by Gasteiger charge is 2.28. The van der Waals surface area contributed by atoms with Gasteiger partial charge < -0.3 is 4.84 Å². The van der Waals surface area contributed by atoms with E-state index in [2.05, 4.69) is 4.84 Å². The normalized spacial score (nSPS) is 11.9. The number of rotatable bonds is 3. The summed E-state index contributed by atoms with van der Waals surface area (Å²) in [4.78, 5) is 4.46. The minimum absolute atomic E-state index is 0.0487. The van der Waals surface area contributed by atoms with Crippen LogP contribution in [0.5, 0.6) is 0 Å². The molecule has 0 fully saturated rings. The van der Waals surface area contributed by atoms with Crippen molar-refractivity contribution >= 4 is 11.6 Å². The first-order valence-corrected chi connectivity index (χ1v) is 4.73. The van der Waals surface area contributed by atoms with Crippen molar-refractivity contribution in [1.29, 1.82) is 0 Å². The molecule has 0 amide bonds. The molecule has 0 aliphatic rings. The number of hydrogen-bond donors (Lipinski definition) is 1. The van der Waals surface area contributed by atoms with Gasteiger partial charge in [-0.05, 0) is 12.1 Å². The second-order valence-electron chi connectivity index (χ2n) is 3.91. The van der Waals surface area contributed by atoms with Crippen molar-refractivity contribution < 1.29 is 13.6 Å². The highest BCUT2D eigenvalue weighted by molar-refractivity contribution is 6.31. The van der Waals surface area contributed by atoms with Gasteiger partial charge in [-0.1, -0.05) is 25.4 Å². The zero-order valence-corrected chi connectivity index (χ0v) is 9.24. The molecule has 0 aromatic heterocycles. The number of hydrogen-bond acceptors (Lipinski definition) is 2. The number of benzene rings is 1. The molecular weight excluding hydrogens is 224 g/mol. The van der Waals surface area contributed by atoms with Gasteiger partial charge >= 0.3 is 0 Å². The molecule has 0 aliphatic heterocycles. The lowest BCUT2D eigenvalue weighted by Crippen LogP contribution is -2.28. The van der Waals surface area contributed by atoms with Gasteiger partial charge in [0, 0.05) is 11.0 Å². The molecule has 0 bridgehead atoms. The van der Waals surface area contributed by atoms with Crippen LogP contribution >= 0.6 is 11.6 Å². The van der Waals surface area contributed by atoms with Crippen LogP contribution in [-0.2, 0) is 10.3 Å². The molecular formula is C10H12ClF2NO. The maximum Gasteiger partial charge on any atom is 0.142 e. The molecule has 0 radical (unpaired) electrons. The van der Waals surface area contributed by atoms with E-state index in [0.29, 0.717) is 0 Å². The highest BCUT2D eigenvalue weighted by Crippen LogP contribution is 2.33. The van der Waals surface area contributed by atoms with Crippen LogP contribution < -0.4 is 5.90 Å². The largest absolute Gasteiger partial charge is 0.304 e. The van der Waals surface area contributed by atoms with Gasteiger partial charge in [-0.3, -0.25) is 0 Å². The Balaban J connectivity index is 3.29. The Morgan fingerprint density at radius 2 is 1.87 bits per heavy atom. The van der Waals surface area contributed by atoms with E-state index in [-0.39, 0.29) is 17.2 Å². The predicted octanol–water partition coefficient (Wildman–Crippen LogP) is 2.79. The Labute approximate surface area is 91.9 Å². The third-order valence-corrected chi connectivity index (χ3v) is 2.53. The maximum absolute atomic E-state index is 13.5. The minimum Gasteiger partial charge on any atom is -0.304 e. The minimum atomic E-state index is -0.780. The first-order chi connectivity index (χ1) is 6.90. The van der Waals surface area contributed by atoms with Crippen LogP contribution in [0.4, 0.5) is 8.78 Å². The average molecular weight is 236 g/mol. The molecule has 0 unspecified atom stereocenters. The van der Waals surface area contributed by atoms with Crippen LogP contribution in [0, 0.1) is 11.6 Å². The summed E-state index contributed by atoms with van der Waals surface area (Å²) in [6, 6.07) is 2.02. The third-order valence-electron chi connectivity index (χ3n) is 2.16. The van der Waals surface area contributed by atoms with Gasteiger partial charge in [0.1, 0.15) is 11.6 Å². The second kappa shape index (κ2) is 4.43. The molecule has 0 aliphatic carbocycles. The zero-order valence-electron chi connectivity index (χ0n) is 8.48. The first kappa shape index (κ1) is 12.4. The van der Waals surface area contributed by atoms with Crippen LogP contribution in [0.1, 0.15) is 19.4 Å². The summed E-state index contributed by atoms with van der Waals surface area (Å²) >= 11 is 5.71. The van der Waals surface area contributed by atoms with E-state index in [1.54, 1.807) is 13.8 Å². The monoisotopic (exact) mass is 235 g/mol. The van der Waals surface area contributed by atoms with Crippen molar-refractivity contribution in [3.63, 3.8) is 0 Å². The zero-order chi connectivity index (χ0) is 11.6. The van der Waals surface area contributed by atoms with E-state index >= 15 is 0 Å². The van der Waals surface area contributed by atoms with Crippen molar-refractivity contribution in [2.24, 2.45) is 5.90 Å². The molecule has 0 atom stereocenters. The van der Waals surface area contributed by atoms with Crippen molar-refractivity contribution in [1.82, 2.24) is 0 Å². The van der Waals surface area contributed by atoms with Gasteiger partial charge in [0.05, 0.1) is 11.6 Å². The molecule has 0 heterocycles. The quantitative estimate of drug-likeness (QED) is 0.646. The van der Waals surface area contributed by atoms with E-state index in [1.807, 2.05) is 0 Å². The fraction of sp³-hybridized carbons (Fsp3) is 0.400. The molecule has 1 aromatic rings. The van der Waals surface area contributed by atoms with Crippen LogP contribution in [-0.4, -0.2) is 6.61 Å². The van der Waals surface area contributed by atoms with E-state index in [0.717, 1.165) is 12.1 Å². The Bertz CT molecular complexity index is 369. The average Bonchev–Trinajstić information content (AvgIpc) is 2.11. The van der Waals surface area contributed by atoms with Crippen LogP contribution in [0.15, 0.2) is 12.1 Å². The molecule has 1 aromatic carbocycles. The van der Waals surface area contributed by atoms with Crippen molar-refractivity contribution in [2.75, 3.05) is 6.61 Å². The third kappa shape index (κ3) is 2.45. The van der Waals surface area contributed by atoms with Crippen molar-refractivity contribution in [2.45, 2.75) is 19.3 Å². The summed E-state index contributed by atoms with van der Waals surface area (Å²) in [6.45, 7) is 3.39. The SMILES string of the molecule is CC(C)(CON)c1c(F)ccc(F)c1Cl. The van der Waals surface area contributed by atoms with E-state index in [9.17, 15) is 8.78 Å². The Morgan fingerprint density at radius 1 is 1.33 bits per heavy atom. The molecule has 0 spiro atoms. The smallest absolute Gasteiger partial charge is 0.142 e. The number of nitrogens with two attached hydrogens (primary N) is 1. The topological polar surface area (TPSA) is 35.2 Å². The van der Waals surface area contributed by atoms with E-state index < -0.39 is 17.0 Å². The van der Waals surface area contributed by atoms with Crippen molar-refractivity contribution in [3.8, 4) is 0 Å². The van der Waals surface area contributed by atoms with Gasteiger partial charge in [0.2, 0.25) is 0 Å². The fourth-order valence-electron chi connectivity index (χ4n) is 1.43. The summed E-state index contributed by atoms with van der Waals surface area (Å²) in [5.74, 6) is 3.71. The Kier molecular flexibility index (Phi) is 3.65. The summed E-state index contributed by atoms with van der Waals surface area (Å²) in [5, 5.41) is -0.225. The Morgan fingerprint density at radius 3 is 2.40 bits per heavy atom. The lowest BCUT2D eigenvalue weighted by atomic mass is 9.85. The number of halogens is 3. The van der Waals surface area contributed by atoms with E-state index in [4.69, 9.17) is 17.5 Å². The molecule has 15 heavy (non-hydrogen) atoms. The maximum atomic E-state index is 13.5. The Hall–Kier alpha value is -0.710. The summed E-state index contributed by atoms with van der Waals surface area (Å²) in [5.41, 5.74) is -0.701. The van der Waals surface area contributed by atoms with Gasteiger partial charge in [-0.25, -0.2) is 14.7 Å². The summed E-state index contributed by atoms with van der Waals surface area (Å²) < 4.78 is 26.7. The van der Waals surface area contributed by atoms with Gasteiger partial charge in [-0.15, -0.1) is 0 Å². The van der Waals surface area contributed by atoms with Crippen LogP contribution in [0.25, 0.3) is 0 Å². The standard InChI is InChI=1S/C10H12ClF2NO/c1-10(2,5-15-14)8-6(12)3-4-7(13)9(8)11/h3-4H,5,14H2,1-2H3. The molecule has 5 heteroatoms. The first-order valence-electron chi connectivity index (χ1n) is 4.36. The molecule has 2 nitrogen and oxygen atoms in total.